The molecule has 0 aliphatic heterocycles. The SMILES string of the molecule is CCN(CCC(C)(N)C(=O)O)C1CCCCC1. The lowest BCUT2D eigenvalue weighted by atomic mass is 9.93. The molecule has 3 N–H and O–H groups in total. The third kappa shape index (κ3) is 4.28. The highest BCUT2D eigenvalue weighted by Crippen LogP contribution is 2.23. The van der Waals surface area contributed by atoms with E-state index in [2.05, 4.69) is 11.8 Å². The van der Waals surface area contributed by atoms with Gasteiger partial charge >= 0.3 is 5.97 Å². The van der Waals surface area contributed by atoms with E-state index in [1.807, 2.05) is 0 Å². The summed E-state index contributed by atoms with van der Waals surface area (Å²) >= 11 is 0. The molecule has 1 fully saturated rings. The summed E-state index contributed by atoms with van der Waals surface area (Å²) in [5.41, 5.74) is 4.67. The highest BCUT2D eigenvalue weighted by molar-refractivity contribution is 5.77. The summed E-state index contributed by atoms with van der Waals surface area (Å²) in [6, 6.07) is 0.637. The lowest BCUT2D eigenvalue weighted by Crippen LogP contribution is -2.48. The quantitative estimate of drug-likeness (QED) is 0.745. The first-order valence-corrected chi connectivity index (χ1v) is 6.73. The van der Waals surface area contributed by atoms with Gasteiger partial charge in [0, 0.05) is 12.6 Å². The van der Waals surface area contributed by atoms with E-state index < -0.39 is 11.5 Å². The van der Waals surface area contributed by atoms with Crippen LogP contribution < -0.4 is 5.73 Å². The van der Waals surface area contributed by atoms with Gasteiger partial charge in [-0.05, 0) is 32.7 Å². The molecule has 1 aliphatic rings. The zero-order valence-electron chi connectivity index (χ0n) is 11.1. The van der Waals surface area contributed by atoms with Crippen molar-refractivity contribution in [1.29, 1.82) is 0 Å². The molecular formula is C13H26N2O2. The fraction of sp³-hybridized carbons (Fsp3) is 0.923. The van der Waals surface area contributed by atoms with E-state index in [9.17, 15) is 4.79 Å². The predicted octanol–water partition coefficient (Wildman–Crippen LogP) is 1.83. The van der Waals surface area contributed by atoms with Crippen molar-refractivity contribution in [1.82, 2.24) is 4.90 Å². The number of hydrogen-bond acceptors (Lipinski definition) is 3. The Kier molecular flexibility index (Phi) is 5.40. The van der Waals surface area contributed by atoms with Crippen molar-refractivity contribution in [2.75, 3.05) is 13.1 Å². The first-order chi connectivity index (χ1) is 7.97. The molecule has 1 rings (SSSR count). The highest BCUT2D eigenvalue weighted by Gasteiger charge is 2.29. The second-order valence-corrected chi connectivity index (χ2v) is 5.39. The number of nitrogens with two attached hydrogens (primary N) is 1. The minimum atomic E-state index is -1.10. The van der Waals surface area contributed by atoms with Crippen LogP contribution in [0.4, 0.5) is 0 Å². The maximum atomic E-state index is 11.0. The number of rotatable bonds is 6. The second kappa shape index (κ2) is 6.36. The fourth-order valence-corrected chi connectivity index (χ4v) is 2.53. The molecule has 0 saturated heterocycles. The van der Waals surface area contributed by atoms with Crippen LogP contribution in [0, 0.1) is 0 Å². The van der Waals surface area contributed by atoms with Crippen molar-refractivity contribution >= 4 is 5.97 Å². The molecule has 0 heterocycles. The average molecular weight is 242 g/mol. The Balaban J connectivity index is 2.43. The molecule has 0 aromatic rings. The molecule has 0 amide bonds. The molecule has 1 aliphatic carbocycles. The van der Waals surface area contributed by atoms with Crippen molar-refractivity contribution in [3.63, 3.8) is 0 Å². The first kappa shape index (κ1) is 14.5. The maximum Gasteiger partial charge on any atom is 0.323 e. The van der Waals surface area contributed by atoms with E-state index in [1.54, 1.807) is 6.92 Å². The molecule has 1 saturated carbocycles. The van der Waals surface area contributed by atoms with E-state index in [1.165, 1.54) is 32.1 Å². The van der Waals surface area contributed by atoms with Crippen LogP contribution in [0.15, 0.2) is 0 Å². The standard InChI is InChI=1S/C13H26N2O2/c1-3-15(11-7-5-4-6-8-11)10-9-13(2,14)12(16)17/h11H,3-10,14H2,1-2H3,(H,16,17). The van der Waals surface area contributed by atoms with Gasteiger partial charge in [0.25, 0.3) is 0 Å². The largest absolute Gasteiger partial charge is 0.480 e. The van der Waals surface area contributed by atoms with Crippen LogP contribution in [0.25, 0.3) is 0 Å². The molecule has 100 valence electrons. The van der Waals surface area contributed by atoms with Gasteiger partial charge in [-0.3, -0.25) is 4.79 Å². The van der Waals surface area contributed by atoms with Crippen molar-refractivity contribution < 1.29 is 9.90 Å². The molecule has 17 heavy (non-hydrogen) atoms. The van der Waals surface area contributed by atoms with Gasteiger partial charge in [0.15, 0.2) is 0 Å². The maximum absolute atomic E-state index is 11.0. The Morgan fingerprint density at radius 1 is 1.41 bits per heavy atom. The number of hydrogen-bond donors (Lipinski definition) is 2. The van der Waals surface area contributed by atoms with Crippen molar-refractivity contribution in [2.45, 2.75) is 64.0 Å². The van der Waals surface area contributed by atoms with Gasteiger partial charge in [0.05, 0.1) is 0 Å². The normalized spacial score (nSPS) is 21.4. The number of aliphatic carboxylic acids is 1. The number of carboxylic acids is 1. The summed E-state index contributed by atoms with van der Waals surface area (Å²) in [5, 5.41) is 8.99. The molecule has 1 atom stereocenters. The number of carbonyl (C=O) groups is 1. The molecule has 0 aromatic heterocycles. The molecule has 4 nitrogen and oxygen atoms in total. The molecule has 4 heteroatoms. The van der Waals surface area contributed by atoms with Crippen LogP contribution in [0.3, 0.4) is 0 Å². The third-order valence-electron chi connectivity index (χ3n) is 3.90. The van der Waals surface area contributed by atoms with E-state index in [0.29, 0.717) is 12.5 Å². The van der Waals surface area contributed by atoms with Gasteiger partial charge in [0.1, 0.15) is 5.54 Å². The number of carboxylic acid groups (broad SMARTS) is 1. The zero-order valence-corrected chi connectivity index (χ0v) is 11.1. The van der Waals surface area contributed by atoms with Gasteiger partial charge < -0.3 is 15.7 Å². The Morgan fingerprint density at radius 2 is 2.00 bits per heavy atom. The monoisotopic (exact) mass is 242 g/mol. The lowest BCUT2D eigenvalue weighted by molar-refractivity contribution is -0.143. The smallest absolute Gasteiger partial charge is 0.323 e. The van der Waals surface area contributed by atoms with Crippen LogP contribution in [-0.2, 0) is 4.79 Å². The average Bonchev–Trinajstić information content (AvgIpc) is 2.31. The summed E-state index contributed by atoms with van der Waals surface area (Å²) in [4.78, 5) is 13.4. The van der Waals surface area contributed by atoms with E-state index >= 15 is 0 Å². The molecule has 0 aromatic carbocycles. The van der Waals surface area contributed by atoms with E-state index in [0.717, 1.165) is 13.1 Å². The molecular weight excluding hydrogens is 216 g/mol. The lowest BCUT2D eigenvalue weighted by Gasteiger charge is -2.35. The van der Waals surface area contributed by atoms with Gasteiger partial charge in [-0.25, -0.2) is 0 Å². The summed E-state index contributed by atoms with van der Waals surface area (Å²) in [7, 11) is 0. The topological polar surface area (TPSA) is 66.6 Å². The fourth-order valence-electron chi connectivity index (χ4n) is 2.53. The Bertz CT molecular complexity index is 248. The Morgan fingerprint density at radius 3 is 2.47 bits per heavy atom. The van der Waals surface area contributed by atoms with Crippen molar-refractivity contribution in [2.24, 2.45) is 5.73 Å². The summed E-state index contributed by atoms with van der Waals surface area (Å²) in [6.07, 6.45) is 6.98. The van der Waals surface area contributed by atoms with E-state index in [4.69, 9.17) is 10.8 Å². The number of nitrogens with zero attached hydrogens (tertiary/aromatic N) is 1. The summed E-state index contributed by atoms with van der Waals surface area (Å²) in [6.45, 7) is 5.52. The highest BCUT2D eigenvalue weighted by atomic mass is 16.4. The Hall–Kier alpha value is -0.610. The summed E-state index contributed by atoms with van der Waals surface area (Å²) in [5.74, 6) is -0.905. The van der Waals surface area contributed by atoms with Gasteiger partial charge in [-0.2, -0.15) is 0 Å². The summed E-state index contributed by atoms with van der Waals surface area (Å²) < 4.78 is 0. The predicted molar refractivity (Wildman–Crippen MR) is 69.0 cm³/mol. The molecule has 0 spiro atoms. The van der Waals surface area contributed by atoms with Crippen molar-refractivity contribution in [3.05, 3.63) is 0 Å². The van der Waals surface area contributed by atoms with Crippen LogP contribution in [0.5, 0.6) is 0 Å². The minimum Gasteiger partial charge on any atom is -0.480 e. The van der Waals surface area contributed by atoms with Crippen molar-refractivity contribution in [3.8, 4) is 0 Å². The van der Waals surface area contributed by atoms with Crippen LogP contribution in [0.2, 0.25) is 0 Å². The van der Waals surface area contributed by atoms with Gasteiger partial charge in [-0.1, -0.05) is 26.2 Å². The van der Waals surface area contributed by atoms with Gasteiger partial charge in [-0.15, -0.1) is 0 Å². The molecule has 1 unspecified atom stereocenters. The zero-order chi connectivity index (χ0) is 12.9. The third-order valence-corrected chi connectivity index (χ3v) is 3.90. The molecule has 0 bridgehead atoms. The first-order valence-electron chi connectivity index (χ1n) is 6.73. The minimum absolute atomic E-state index is 0.521. The van der Waals surface area contributed by atoms with Gasteiger partial charge in [0.2, 0.25) is 0 Å². The Labute approximate surface area is 104 Å². The molecule has 0 radical (unpaired) electrons. The van der Waals surface area contributed by atoms with Crippen LogP contribution in [0.1, 0.15) is 52.4 Å². The van der Waals surface area contributed by atoms with Crippen LogP contribution >= 0.6 is 0 Å². The van der Waals surface area contributed by atoms with Crippen LogP contribution in [-0.4, -0.2) is 40.6 Å². The van der Waals surface area contributed by atoms with E-state index in [-0.39, 0.29) is 0 Å². The second-order valence-electron chi connectivity index (χ2n) is 5.39.